The molecule has 2 N–H and O–H groups in total. The molecular weight excluding hydrogens is 495 g/mol. The molecule has 39 heavy (non-hydrogen) atoms. The largest absolute Gasteiger partial charge is 0.326 e. The Balaban J connectivity index is 1.52. The van der Waals surface area contributed by atoms with E-state index in [9.17, 15) is 18.8 Å². The SMILES string of the molecule is C=CCN1C(=O)N[C@H](c2ccc(C)cc2)C2=C1CN([C@H](Cc1ccccc1)C(=O)Nc1ccc(F)cc1)C2=O. The van der Waals surface area contributed by atoms with Gasteiger partial charge in [0.05, 0.1) is 23.9 Å². The number of halogens is 1. The van der Waals surface area contributed by atoms with E-state index in [0.717, 1.165) is 16.7 Å². The molecule has 0 unspecified atom stereocenters. The third-order valence-corrected chi connectivity index (χ3v) is 7.03. The molecule has 0 saturated heterocycles. The van der Waals surface area contributed by atoms with E-state index in [1.807, 2.05) is 61.5 Å². The maximum Gasteiger partial charge on any atom is 0.322 e. The average molecular weight is 525 g/mol. The number of nitrogens with zero attached hydrogens (tertiary/aromatic N) is 2. The third-order valence-electron chi connectivity index (χ3n) is 7.03. The van der Waals surface area contributed by atoms with E-state index in [-0.39, 0.29) is 31.4 Å². The van der Waals surface area contributed by atoms with Crippen molar-refractivity contribution in [3.8, 4) is 0 Å². The summed E-state index contributed by atoms with van der Waals surface area (Å²) >= 11 is 0. The van der Waals surface area contributed by atoms with Crippen LogP contribution >= 0.6 is 0 Å². The summed E-state index contributed by atoms with van der Waals surface area (Å²) in [5.41, 5.74) is 4.14. The summed E-state index contributed by atoms with van der Waals surface area (Å²) in [7, 11) is 0. The standard InChI is InChI=1S/C31H29FN4O3/c1-3-17-35-26-19-36(30(38)27(26)28(34-31(35)39)22-11-9-20(2)10-12-22)25(18-21-7-5-4-6-8-21)29(37)33-24-15-13-23(32)14-16-24/h3-16,25,28H,1,17-19H2,2H3,(H,33,37)(H,34,39)/t25-,28-/m1/s1. The van der Waals surface area contributed by atoms with Crippen LogP contribution in [-0.2, 0) is 16.0 Å². The lowest BCUT2D eigenvalue weighted by molar-refractivity contribution is -0.134. The van der Waals surface area contributed by atoms with Crippen molar-refractivity contribution in [2.75, 3.05) is 18.4 Å². The van der Waals surface area contributed by atoms with Crippen molar-refractivity contribution in [3.63, 3.8) is 0 Å². The number of amides is 4. The summed E-state index contributed by atoms with van der Waals surface area (Å²) in [5, 5.41) is 5.80. The molecule has 0 saturated carbocycles. The smallest absolute Gasteiger partial charge is 0.322 e. The molecule has 0 spiro atoms. The zero-order valence-corrected chi connectivity index (χ0v) is 21.6. The maximum absolute atomic E-state index is 14.1. The highest BCUT2D eigenvalue weighted by atomic mass is 19.1. The Labute approximate surface area is 226 Å². The normalized spacial score (nSPS) is 17.5. The molecule has 0 radical (unpaired) electrons. The Hall–Kier alpha value is -4.72. The molecule has 0 aliphatic carbocycles. The predicted molar refractivity (Wildman–Crippen MR) is 147 cm³/mol. The lowest BCUT2D eigenvalue weighted by Crippen LogP contribution is -2.47. The molecule has 2 heterocycles. The number of anilines is 1. The van der Waals surface area contributed by atoms with Gasteiger partial charge >= 0.3 is 6.03 Å². The number of carbonyl (C=O) groups excluding carboxylic acids is 3. The lowest BCUT2D eigenvalue weighted by Gasteiger charge is -2.33. The minimum atomic E-state index is -0.880. The minimum Gasteiger partial charge on any atom is -0.326 e. The molecule has 198 valence electrons. The van der Waals surface area contributed by atoms with Gasteiger partial charge in [-0.25, -0.2) is 9.18 Å². The highest BCUT2D eigenvalue weighted by Gasteiger charge is 2.46. The van der Waals surface area contributed by atoms with Crippen LogP contribution in [0.15, 0.2) is 103 Å². The van der Waals surface area contributed by atoms with Gasteiger partial charge in [0.25, 0.3) is 5.91 Å². The average Bonchev–Trinajstić information content (AvgIpc) is 3.27. The van der Waals surface area contributed by atoms with Crippen LogP contribution < -0.4 is 10.6 Å². The van der Waals surface area contributed by atoms with E-state index in [4.69, 9.17) is 0 Å². The fraction of sp³-hybridized carbons (Fsp3) is 0.194. The van der Waals surface area contributed by atoms with Crippen LogP contribution in [0.5, 0.6) is 0 Å². The molecule has 0 fully saturated rings. The van der Waals surface area contributed by atoms with Crippen molar-refractivity contribution in [2.24, 2.45) is 0 Å². The molecule has 0 bridgehead atoms. The van der Waals surface area contributed by atoms with Gasteiger partial charge in [0.2, 0.25) is 5.91 Å². The quantitative estimate of drug-likeness (QED) is 0.418. The zero-order chi connectivity index (χ0) is 27.5. The Morgan fingerprint density at radius 1 is 1.08 bits per heavy atom. The fourth-order valence-corrected chi connectivity index (χ4v) is 5.04. The first kappa shape index (κ1) is 25.9. The number of urea groups is 1. The van der Waals surface area contributed by atoms with Gasteiger partial charge in [0.15, 0.2) is 0 Å². The van der Waals surface area contributed by atoms with Crippen molar-refractivity contribution in [3.05, 3.63) is 125 Å². The Kier molecular flexibility index (Phi) is 7.27. The van der Waals surface area contributed by atoms with E-state index >= 15 is 0 Å². The molecule has 3 aromatic rings. The first-order valence-electron chi connectivity index (χ1n) is 12.8. The molecule has 8 heteroatoms. The van der Waals surface area contributed by atoms with Crippen LogP contribution in [-0.4, -0.2) is 46.8 Å². The van der Waals surface area contributed by atoms with Crippen LogP contribution in [0, 0.1) is 12.7 Å². The van der Waals surface area contributed by atoms with Gasteiger partial charge in [-0.1, -0.05) is 66.2 Å². The molecule has 0 aromatic heterocycles. The number of rotatable bonds is 8. The van der Waals surface area contributed by atoms with E-state index in [0.29, 0.717) is 17.0 Å². The van der Waals surface area contributed by atoms with Crippen LogP contribution in [0.4, 0.5) is 14.9 Å². The number of hydrogen-bond donors (Lipinski definition) is 2. The molecular formula is C31H29FN4O3. The second-order valence-corrected chi connectivity index (χ2v) is 9.69. The summed E-state index contributed by atoms with van der Waals surface area (Å²) in [4.78, 5) is 44.0. The first-order chi connectivity index (χ1) is 18.9. The van der Waals surface area contributed by atoms with Gasteiger partial charge in [-0.3, -0.25) is 14.5 Å². The number of hydrogen-bond acceptors (Lipinski definition) is 3. The molecule has 2 aliphatic rings. The molecule has 3 aromatic carbocycles. The monoisotopic (exact) mass is 524 g/mol. The van der Waals surface area contributed by atoms with Gasteiger partial charge in [0.1, 0.15) is 11.9 Å². The van der Waals surface area contributed by atoms with Crippen molar-refractivity contribution in [1.82, 2.24) is 15.1 Å². The van der Waals surface area contributed by atoms with Gasteiger partial charge in [-0.05, 0) is 42.3 Å². The Bertz CT molecular complexity index is 1430. The molecule has 2 aliphatic heterocycles. The van der Waals surface area contributed by atoms with E-state index in [2.05, 4.69) is 17.2 Å². The van der Waals surface area contributed by atoms with Crippen molar-refractivity contribution < 1.29 is 18.8 Å². The number of aryl methyl sites for hydroxylation is 1. The summed E-state index contributed by atoms with van der Waals surface area (Å²) in [6.45, 7) is 6.04. The molecule has 5 rings (SSSR count). The highest BCUT2D eigenvalue weighted by molar-refractivity contribution is 6.05. The van der Waals surface area contributed by atoms with Gasteiger partial charge in [-0.15, -0.1) is 6.58 Å². The van der Waals surface area contributed by atoms with E-state index < -0.39 is 23.8 Å². The Morgan fingerprint density at radius 2 is 1.77 bits per heavy atom. The second-order valence-electron chi connectivity index (χ2n) is 9.69. The number of nitrogens with one attached hydrogen (secondary N) is 2. The highest BCUT2D eigenvalue weighted by Crippen LogP contribution is 2.37. The summed E-state index contributed by atoms with van der Waals surface area (Å²) in [6, 6.07) is 20.7. The predicted octanol–water partition coefficient (Wildman–Crippen LogP) is 4.73. The lowest BCUT2D eigenvalue weighted by atomic mass is 9.94. The zero-order valence-electron chi connectivity index (χ0n) is 21.6. The summed E-state index contributed by atoms with van der Waals surface area (Å²) < 4.78 is 13.5. The van der Waals surface area contributed by atoms with Crippen LogP contribution in [0.25, 0.3) is 0 Å². The number of benzene rings is 3. The van der Waals surface area contributed by atoms with Crippen LogP contribution in [0.2, 0.25) is 0 Å². The second kappa shape index (κ2) is 10.9. The Morgan fingerprint density at radius 3 is 2.44 bits per heavy atom. The van der Waals surface area contributed by atoms with Crippen LogP contribution in [0.3, 0.4) is 0 Å². The van der Waals surface area contributed by atoms with Crippen molar-refractivity contribution >= 4 is 23.5 Å². The van der Waals surface area contributed by atoms with Crippen molar-refractivity contribution in [1.29, 1.82) is 0 Å². The van der Waals surface area contributed by atoms with E-state index in [1.54, 1.807) is 6.08 Å². The van der Waals surface area contributed by atoms with Gasteiger partial charge in [0, 0.05) is 18.7 Å². The fourth-order valence-electron chi connectivity index (χ4n) is 5.04. The van der Waals surface area contributed by atoms with Crippen molar-refractivity contribution in [2.45, 2.75) is 25.4 Å². The number of carbonyl (C=O) groups is 3. The molecule has 4 amide bonds. The van der Waals surface area contributed by atoms with Gasteiger partial charge in [-0.2, -0.15) is 0 Å². The summed E-state index contributed by atoms with van der Waals surface area (Å²) in [6.07, 6.45) is 1.87. The topological polar surface area (TPSA) is 81.8 Å². The minimum absolute atomic E-state index is 0.0894. The maximum atomic E-state index is 14.1. The molecule has 2 atom stereocenters. The molecule has 7 nitrogen and oxygen atoms in total. The third kappa shape index (κ3) is 5.31. The first-order valence-corrected chi connectivity index (χ1v) is 12.8. The van der Waals surface area contributed by atoms with E-state index in [1.165, 1.54) is 34.1 Å². The summed E-state index contributed by atoms with van der Waals surface area (Å²) in [5.74, 6) is -1.14. The van der Waals surface area contributed by atoms with Crippen LogP contribution in [0.1, 0.15) is 22.7 Å². The van der Waals surface area contributed by atoms with Gasteiger partial charge < -0.3 is 15.5 Å².